The number of hydrogen-bond donors (Lipinski definition) is 1. The van der Waals surface area contributed by atoms with Crippen molar-refractivity contribution in [2.24, 2.45) is 11.8 Å². The number of Topliss-reactive ketones (excluding diaryl/α,β-unsaturated/α-hetero) is 1. The Bertz CT molecular complexity index is 742. The summed E-state index contributed by atoms with van der Waals surface area (Å²) in [5.74, 6) is 1.67. The normalized spacial score (nSPS) is 31.9. The number of hydrogen-bond acceptors (Lipinski definition) is 5. The van der Waals surface area contributed by atoms with Crippen molar-refractivity contribution in [3.63, 3.8) is 0 Å². The third kappa shape index (κ3) is 2.71. The second kappa shape index (κ2) is 6.39. The van der Waals surface area contributed by atoms with Crippen LogP contribution in [0.25, 0.3) is 6.08 Å². The highest BCUT2D eigenvalue weighted by Gasteiger charge is 2.42. The van der Waals surface area contributed by atoms with Crippen LogP contribution in [-0.2, 0) is 4.74 Å². The lowest BCUT2D eigenvalue weighted by molar-refractivity contribution is -0.0450. The van der Waals surface area contributed by atoms with Gasteiger partial charge in [0.25, 0.3) is 0 Å². The third-order valence-electron chi connectivity index (χ3n) is 6.03. The maximum absolute atomic E-state index is 12.3. The highest BCUT2D eigenvalue weighted by atomic mass is 16.5. The number of aliphatic hydroxyl groups excluding tert-OH is 1. The van der Waals surface area contributed by atoms with E-state index in [4.69, 9.17) is 4.74 Å². The van der Waals surface area contributed by atoms with Crippen LogP contribution < -0.4 is 0 Å². The number of aromatic nitrogens is 1. The highest BCUT2D eigenvalue weighted by Crippen LogP contribution is 2.42. The molecule has 132 valence electrons. The Balaban J connectivity index is 1.68. The quantitative estimate of drug-likeness (QED) is 0.854. The molecule has 0 radical (unpaired) electrons. The number of piperidine rings is 3. The van der Waals surface area contributed by atoms with Gasteiger partial charge in [0.1, 0.15) is 11.5 Å². The van der Waals surface area contributed by atoms with Crippen LogP contribution in [0.2, 0.25) is 0 Å². The maximum atomic E-state index is 12.3. The van der Waals surface area contributed by atoms with Crippen molar-refractivity contribution in [2.45, 2.75) is 31.4 Å². The fourth-order valence-corrected chi connectivity index (χ4v) is 4.62. The van der Waals surface area contributed by atoms with Crippen molar-refractivity contribution < 1.29 is 14.6 Å². The average molecular weight is 340 g/mol. The molecule has 25 heavy (non-hydrogen) atoms. The smallest absolute Gasteiger partial charge is 0.189 e. The molecule has 0 spiro atoms. The molecular formula is C20H24N2O3. The first kappa shape index (κ1) is 16.5. The molecule has 5 nitrogen and oxygen atoms in total. The number of aliphatic hydroxyl groups is 1. The summed E-state index contributed by atoms with van der Waals surface area (Å²) in [6, 6.07) is 1.91. The summed E-state index contributed by atoms with van der Waals surface area (Å²) in [4.78, 5) is 18.9. The molecule has 5 rings (SSSR count). The van der Waals surface area contributed by atoms with Crippen LogP contribution >= 0.6 is 0 Å². The van der Waals surface area contributed by atoms with E-state index in [1.165, 1.54) is 6.42 Å². The van der Waals surface area contributed by atoms with Crippen molar-refractivity contribution >= 4 is 11.9 Å². The third-order valence-corrected chi connectivity index (χ3v) is 6.03. The van der Waals surface area contributed by atoms with Gasteiger partial charge in [0, 0.05) is 24.3 Å². The number of pyridine rings is 1. The SMILES string of the molecule is C=C[C@H]1CN2CCC1C[C@H]2[C@H](O)c1ccnc2c1C=C(OC)CC2=O. The van der Waals surface area contributed by atoms with Crippen LogP contribution in [0.5, 0.6) is 0 Å². The molecule has 3 fully saturated rings. The van der Waals surface area contributed by atoms with Gasteiger partial charge >= 0.3 is 0 Å². The van der Waals surface area contributed by atoms with E-state index in [9.17, 15) is 9.90 Å². The molecule has 0 amide bonds. The Morgan fingerprint density at radius 1 is 1.52 bits per heavy atom. The monoisotopic (exact) mass is 340 g/mol. The molecular weight excluding hydrogens is 316 g/mol. The van der Waals surface area contributed by atoms with Gasteiger partial charge in [-0.25, -0.2) is 0 Å². The lowest BCUT2D eigenvalue weighted by Crippen LogP contribution is -2.55. The van der Waals surface area contributed by atoms with Gasteiger partial charge in [-0.1, -0.05) is 6.08 Å². The molecule has 2 unspecified atom stereocenters. The van der Waals surface area contributed by atoms with Gasteiger partial charge in [0.2, 0.25) is 0 Å². The molecule has 0 aromatic carbocycles. The lowest BCUT2D eigenvalue weighted by Gasteiger charge is -2.50. The second-order valence-corrected chi connectivity index (χ2v) is 7.27. The van der Waals surface area contributed by atoms with Crippen molar-refractivity contribution in [3.8, 4) is 0 Å². The van der Waals surface area contributed by atoms with Crippen LogP contribution in [0, 0.1) is 11.8 Å². The fraction of sp³-hybridized carbons (Fsp3) is 0.500. The molecule has 3 saturated heterocycles. The molecule has 0 saturated carbocycles. The summed E-state index contributed by atoms with van der Waals surface area (Å²) >= 11 is 0. The minimum absolute atomic E-state index is 0.0550. The zero-order chi connectivity index (χ0) is 17.6. The van der Waals surface area contributed by atoms with E-state index in [-0.39, 0.29) is 18.2 Å². The van der Waals surface area contributed by atoms with E-state index in [0.29, 0.717) is 28.9 Å². The molecule has 2 bridgehead atoms. The zero-order valence-corrected chi connectivity index (χ0v) is 14.5. The number of fused-ring (bicyclic) bond motifs is 4. The number of ketones is 1. The van der Waals surface area contributed by atoms with Crippen molar-refractivity contribution in [2.75, 3.05) is 20.2 Å². The number of ether oxygens (including phenoxy) is 1. The van der Waals surface area contributed by atoms with Crippen molar-refractivity contribution in [1.82, 2.24) is 9.88 Å². The van der Waals surface area contributed by atoms with Crippen molar-refractivity contribution in [3.05, 3.63) is 47.5 Å². The van der Waals surface area contributed by atoms with E-state index in [1.54, 1.807) is 13.3 Å². The van der Waals surface area contributed by atoms with Gasteiger partial charge in [-0.15, -0.1) is 6.58 Å². The largest absolute Gasteiger partial charge is 0.501 e. The summed E-state index contributed by atoms with van der Waals surface area (Å²) in [5.41, 5.74) is 1.93. The van der Waals surface area contributed by atoms with Crippen LogP contribution in [0.3, 0.4) is 0 Å². The first-order chi connectivity index (χ1) is 12.1. The highest BCUT2D eigenvalue weighted by molar-refractivity contribution is 6.02. The van der Waals surface area contributed by atoms with Crippen LogP contribution in [0.15, 0.2) is 30.7 Å². The van der Waals surface area contributed by atoms with Crippen molar-refractivity contribution in [1.29, 1.82) is 0 Å². The predicted molar refractivity (Wildman–Crippen MR) is 94.9 cm³/mol. The molecule has 1 aromatic rings. The summed E-state index contributed by atoms with van der Waals surface area (Å²) in [6.07, 6.45) is 7.26. The van der Waals surface area contributed by atoms with Gasteiger partial charge in [-0.3, -0.25) is 14.7 Å². The van der Waals surface area contributed by atoms with E-state index < -0.39 is 6.10 Å². The second-order valence-electron chi connectivity index (χ2n) is 7.27. The number of carbonyl (C=O) groups excluding carboxylic acids is 1. The van der Waals surface area contributed by atoms with E-state index in [0.717, 1.165) is 25.1 Å². The van der Waals surface area contributed by atoms with Gasteiger partial charge in [0.15, 0.2) is 5.78 Å². The number of methoxy groups -OCH3 is 1. The van der Waals surface area contributed by atoms with Gasteiger partial charge in [-0.2, -0.15) is 0 Å². The molecule has 5 heteroatoms. The first-order valence-electron chi connectivity index (χ1n) is 8.93. The number of allylic oxidation sites excluding steroid dienone is 1. The average Bonchev–Trinajstić information content (AvgIpc) is 2.67. The molecule has 3 aliphatic heterocycles. The Kier molecular flexibility index (Phi) is 4.21. The number of nitrogens with zero attached hydrogens (tertiary/aromatic N) is 2. The standard InChI is InChI=1S/C20H24N2O3/c1-3-12-11-22-7-5-13(12)8-17(22)20(24)15-4-6-21-19-16(15)9-14(25-2)10-18(19)23/h3-4,6,9,12-13,17,20,24H,1,5,7-8,10-11H2,2H3/t12-,13?,17-,20+/m0/s1. The number of rotatable bonds is 4. The molecule has 1 aromatic heterocycles. The van der Waals surface area contributed by atoms with E-state index in [2.05, 4.69) is 22.5 Å². The number of carbonyl (C=O) groups is 1. The minimum Gasteiger partial charge on any atom is -0.501 e. The Morgan fingerprint density at radius 3 is 3.04 bits per heavy atom. The molecule has 1 aliphatic carbocycles. The Labute approximate surface area is 148 Å². The van der Waals surface area contributed by atoms with Crippen LogP contribution in [-0.4, -0.2) is 47.0 Å². The molecule has 4 heterocycles. The lowest BCUT2D eigenvalue weighted by atomic mass is 9.73. The maximum Gasteiger partial charge on any atom is 0.189 e. The van der Waals surface area contributed by atoms with E-state index in [1.807, 2.05) is 12.1 Å². The summed E-state index contributed by atoms with van der Waals surface area (Å²) < 4.78 is 5.29. The molecule has 1 N–H and O–H groups in total. The summed E-state index contributed by atoms with van der Waals surface area (Å²) in [5, 5.41) is 11.2. The molecule has 4 aliphatic rings. The fourth-order valence-electron chi connectivity index (χ4n) is 4.62. The Morgan fingerprint density at radius 2 is 2.36 bits per heavy atom. The minimum atomic E-state index is -0.634. The topological polar surface area (TPSA) is 62.7 Å². The zero-order valence-electron chi connectivity index (χ0n) is 14.5. The summed E-state index contributed by atoms with van der Waals surface area (Å²) in [7, 11) is 1.57. The van der Waals surface area contributed by atoms with Gasteiger partial charge < -0.3 is 9.84 Å². The first-order valence-corrected chi connectivity index (χ1v) is 8.93. The van der Waals surface area contributed by atoms with Gasteiger partial charge in [-0.05, 0) is 48.9 Å². The molecule has 5 atom stereocenters. The van der Waals surface area contributed by atoms with E-state index >= 15 is 0 Å². The Hall–Kier alpha value is -1.98. The van der Waals surface area contributed by atoms with Crippen LogP contribution in [0.1, 0.15) is 47.0 Å². The van der Waals surface area contributed by atoms with Crippen LogP contribution in [0.4, 0.5) is 0 Å². The summed E-state index contributed by atoms with van der Waals surface area (Å²) in [6.45, 7) is 5.93. The predicted octanol–water partition coefficient (Wildman–Crippen LogP) is 2.59. The van der Waals surface area contributed by atoms with Gasteiger partial charge in [0.05, 0.1) is 19.6 Å².